The number of phenols is 1. The topological polar surface area (TPSA) is 74.6 Å². The van der Waals surface area contributed by atoms with Gasteiger partial charge in [0.15, 0.2) is 11.6 Å². The minimum absolute atomic E-state index is 0.0813. The smallest absolute Gasteiger partial charge is 0.173 e. The molecule has 4 aliphatic carbocycles. The van der Waals surface area contributed by atoms with Crippen LogP contribution in [0.25, 0.3) is 5.57 Å². The summed E-state index contributed by atoms with van der Waals surface area (Å²) in [7, 11) is 0. The Bertz CT molecular complexity index is 1190. The lowest BCUT2D eigenvalue weighted by atomic mass is 9.44. The van der Waals surface area contributed by atoms with Crippen molar-refractivity contribution in [2.75, 3.05) is 0 Å². The van der Waals surface area contributed by atoms with Crippen molar-refractivity contribution in [2.24, 2.45) is 23.7 Å². The molecular weight excluding hydrogens is 424 g/mol. The van der Waals surface area contributed by atoms with Crippen LogP contribution in [0.2, 0.25) is 5.02 Å². The number of rotatable bonds is 3. The lowest BCUT2D eigenvalue weighted by molar-refractivity contribution is -0.161. The van der Waals surface area contributed by atoms with Gasteiger partial charge in [-0.1, -0.05) is 67.4 Å². The minimum atomic E-state index is -1.62. The Morgan fingerprint density at radius 3 is 2.22 bits per heavy atom. The van der Waals surface area contributed by atoms with Crippen molar-refractivity contribution < 1.29 is 19.8 Å². The average Bonchev–Trinajstić information content (AvgIpc) is 3.06. The third-order valence-electron chi connectivity index (χ3n) is 7.59. The van der Waals surface area contributed by atoms with Gasteiger partial charge in [-0.15, -0.1) is 0 Å². The third-order valence-corrected chi connectivity index (χ3v) is 7.84. The third kappa shape index (κ3) is 2.66. The fourth-order valence-electron chi connectivity index (χ4n) is 6.05. The zero-order chi connectivity index (χ0) is 23.0. The predicted molar refractivity (Wildman–Crippen MR) is 123 cm³/mol. The van der Waals surface area contributed by atoms with Crippen molar-refractivity contribution in [3.63, 3.8) is 0 Å². The molecule has 1 fully saturated rings. The molecule has 0 aliphatic heterocycles. The van der Waals surface area contributed by atoms with E-state index in [0.717, 1.165) is 16.7 Å². The molecule has 0 radical (unpaired) electrons. The van der Waals surface area contributed by atoms with Crippen LogP contribution in [0.4, 0.5) is 0 Å². The molecule has 5 heteroatoms. The lowest BCUT2D eigenvalue weighted by Gasteiger charge is -2.57. The summed E-state index contributed by atoms with van der Waals surface area (Å²) in [6, 6.07) is 13.9. The average molecular weight is 449 g/mol. The maximum atomic E-state index is 13.9. The first-order valence-corrected chi connectivity index (χ1v) is 11.3. The summed E-state index contributed by atoms with van der Waals surface area (Å²) < 4.78 is 0. The molecule has 2 aromatic rings. The van der Waals surface area contributed by atoms with Gasteiger partial charge in [-0.3, -0.25) is 9.59 Å². The Hall–Kier alpha value is -2.69. The molecule has 32 heavy (non-hydrogen) atoms. The first kappa shape index (κ1) is 21.2. The highest BCUT2D eigenvalue weighted by molar-refractivity contribution is 6.31. The second-order valence-corrected chi connectivity index (χ2v) is 10.1. The van der Waals surface area contributed by atoms with Gasteiger partial charge in [0.25, 0.3) is 0 Å². The number of carbonyl (C=O) groups excluding carboxylic acids is 2. The number of aromatic hydroxyl groups is 1. The Balaban J connectivity index is 1.82. The van der Waals surface area contributed by atoms with Crippen LogP contribution in [-0.4, -0.2) is 27.4 Å². The van der Waals surface area contributed by atoms with Crippen LogP contribution in [0.3, 0.4) is 0 Å². The molecule has 2 N–H and O–H groups in total. The normalized spacial score (nSPS) is 33.4. The Kier molecular flexibility index (Phi) is 4.57. The Morgan fingerprint density at radius 2 is 1.62 bits per heavy atom. The number of ketones is 2. The van der Waals surface area contributed by atoms with Crippen LogP contribution in [0.5, 0.6) is 5.75 Å². The molecule has 0 unspecified atom stereocenters. The molecular formula is C27H25ClO4. The summed E-state index contributed by atoms with van der Waals surface area (Å²) >= 11 is 6.07. The maximum absolute atomic E-state index is 13.9. The molecule has 6 rings (SSSR count). The van der Waals surface area contributed by atoms with Crippen molar-refractivity contribution in [1.82, 2.24) is 0 Å². The van der Waals surface area contributed by atoms with Crippen LogP contribution < -0.4 is 0 Å². The minimum Gasteiger partial charge on any atom is -0.508 e. The zero-order valence-electron chi connectivity index (χ0n) is 18.2. The number of phenolic OH excluding ortho intramolecular Hbond substituents is 1. The van der Waals surface area contributed by atoms with Crippen LogP contribution in [0, 0.1) is 23.7 Å². The van der Waals surface area contributed by atoms with E-state index in [1.54, 1.807) is 36.4 Å². The highest BCUT2D eigenvalue weighted by atomic mass is 35.5. The quantitative estimate of drug-likeness (QED) is 0.666. The number of aliphatic hydroxyl groups is 1. The van der Waals surface area contributed by atoms with E-state index >= 15 is 0 Å². The second kappa shape index (κ2) is 6.90. The number of halogens is 1. The molecule has 164 valence electrons. The number of allylic oxidation sites excluding steroid dienone is 3. The van der Waals surface area contributed by atoms with Crippen molar-refractivity contribution in [3.8, 4) is 5.75 Å². The molecule has 5 atom stereocenters. The Morgan fingerprint density at radius 1 is 1.00 bits per heavy atom. The summed E-state index contributed by atoms with van der Waals surface area (Å²) in [5.74, 6) is -2.04. The molecule has 0 spiro atoms. The largest absolute Gasteiger partial charge is 0.508 e. The number of fused-ring (bicyclic) bond motifs is 1. The van der Waals surface area contributed by atoms with Gasteiger partial charge in [0.2, 0.25) is 0 Å². The van der Waals surface area contributed by atoms with Gasteiger partial charge in [-0.05, 0) is 48.2 Å². The van der Waals surface area contributed by atoms with Gasteiger partial charge in [-0.2, -0.15) is 0 Å². The number of benzene rings is 2. The predicted octanol–water partition coefficient (Wildman–Crippen LogP) is 4.73. The van der Waals surface area contributed by atoms with Crippen molar-refractivity contribution in [2.45, 2.75) is 31.8 Å². The van der Waals surface area contributed by atoms with E-state index in [2.05, 4.69) is 0 Å². The molecule has 4 aliphatic rings. The van der Waals surface area contributed by atoms with Gasteiger partial charge < -0.3 is 10.2 Å². The number of Topliss-reactive ketones (excluding diaryl/α,β-unsaturated/α-hetero) is 2. The summed E-state index contributed by atoms with van der Waals surface area (Å²) in [6.45, 7) is 5.61. The van der Waals surface area contributed by atoms with Gasteiger partial charge in [0.1, 0.15) is 11.4 Å². The SMILES string of the molecule is CC(C)C1=C[C@H]2[C@H]3C(=O)C(c4ccc(Cl)cc4)=C[C@@]3(c3ccc(O)cc3)[C@@H]1C(=O)[C@]2(C)O. The van der Waals surface area contributed by atoms with E-state index in [0.29, 0.717) is 10.6 Å². The molecule has 0 saturated heterocycles. The fourth-order valence-corrected chi connectivity index (χ4v) is 6.18. The second-order valence-electron chi connectivity index (χ2n) is 9.68. The first-order chi connectivity index (χ1) is 15.1. The molecule has 2 aromatic carbocycles. The van der Waals surface area contributed by atoms with E-state index in [1.807, 2.05) is 38.1 Å². The maximum Gasteiger partial charge on any atom is 0.173 e. The van der Waals surface area contributed by atoms with E-state index in [1.165, 1.54) is 6.92 Å². The number of hydrogen-bond donors (Lipinski definition) is 2. The van der Waals surface area contributed by atoms with Gasteiger partial charge in [-0.25, -0.2) is 0 Å². The summed E-state index contributed by atoms with van der Waals surface area (Å²) in [6.07, 6.45) is 3.91. The zero-order valence-corrected chi connectivity index (χ0v) is 18.9. The lowest BCUT2D eigenvalue weighted by Crippen LogP contribution is -2.66. The number of hydrogen-bond acceptors (Lipinski definition) is 4. The number of carbonyl (C=O) groups is 2. The summed E-state index contributed by atoms with van der Waals surface area (Å²) in [5, 5.41) is 21.7. The van der Waals surface area contributed by atoms with Crippen LogP contribution in [-0.2, 0) is 15.0 Å². The summed E-state index contributed by atoms with van der Waals surface area (Å²) in [5.41, 5.74) is 0.494. The molecule has 1 saturated carbocycles. The highest BCUT2D eigenvalue weighted by Gasteiger charge is 2.70. The summed E-state index contributed by atoms with van der Waals surface area (Å²) in [4.78, 5) is 27.6. The first-order valence-electron chi connectivity index (χ1n) is 10.9. The van der Waals surface area contributed by atoms with E-state index in [-0.39, 0.29) is 23.2 Å². The van der Waals surface area contributed by atoms with Crippen LogP contribution in [0.1, 0.15) is 31.9 Å². The van der Waals surface area contributed by atoms with Crippen molar-refractivity contribution in [1.29, 1.82) is 0 Å². The fraction of sp³-hybridized carbons (Fsp3) is 0.333. The Labute approximate surface area is 192 Å². The molecule has 4 nitrogen and oxygen atoms in total. The van der Waals surface area contributed by atoms with Gasteiger partial charge in [0, 0.05) is 27.8 Å². The molecule has 2 bridgehead atoms. The van der Waals surface area contributed by atoms with E-state index < -0.39 is 28.8 Å². The molecule has 0 aromatic heterocycles. The van der Waals surface area contributed by atoms with Crippen molar-refractivity contribution >= 4 is 28.7 Å². The molecule has 0 heterocycles. The van der Waals surface area contributed by atoms with Crippen molar-refractivity contribution in [3.05, 3.63) is 82.4 Å². The van der Waals surface area contributed by atoms with Crippen LogP contribution in [0.15, 0.2) is 66.3 Å². The van der Waals surface area contributed by atoms with Crippen LogP contribution >= 0.6 is 11.6 Å². The van der Waals surface area contributed by atoms with E-state index in [9.17, 15) is 19.8 Å². The monoisotopic (exact) mass is 448 g/mol. The van der Waals surface area contributed by atoms with Gasteiger partial charge >= 0.3 is 0 Å². The van der Waals surface area contributed by atoms with Gasteiger partial charge in [0.05, 0.1) is 5.92 Å². The standard InChI is InChI=1S/C27H25ClO4/c1-14(2)19-12-21-23-24(30)20(15-4-8-17(28)9-5-15)13-27(23,16-6-10-18(29)11-7-16)22(19)25(31)26(21,3)32/h4-14,21-23,29,32H,1-3H3/t21-,22-,23-,26+,27+/m0/s1. The van der Waals surface area contributed by atoms with E-state index in [4.69, 9.17) is 11.6 Å². The highest BCUT2D eigenvalue weighted by Crippen LogP contribution is 2.64. The molecule has 0 amide bonds.